The summed E-state index contributed by atoms with van der Waals surface area (Å²) >= 11 is 0. The third-order valence-corrected chi connectivity index (χ3v) is 4.43. The summed E-state index contributed by atoms with van der Waals surface area (Å²) < 4.78 is 5.87. The molecule has 0 spiro atoms. The zero-order valence-electron chi connectivity index (χ0n) is 13.9. The lowest BCUT2D eigenvalue weighted by Crippen LogP contribution is -2.51. The summed E-state index contributed by atoms with van der Waals surface area (Å²) in [5.74, 6) is 0. The second kappa shape index (κ2) is 7.21. The number of piperazine rings is 1. The molecule has 4 nitrogen and oxygen atoms in total. The minimum Gasteiger partial charge on any atom is -0.374 e. The van der Waals surface area contributed by atoms with Gasteiger partial charge in [0.05, 0.1) is 12.7 Å². The van der Waals surface area contributed by atoms with Gasteiger partial charge in [-0.1, -0.05) is 20.8 Å². The van der Waals surface area contributed by atoms with Gasteiger partial charge in [-0.2, -0.15) is 0 Å². The highest BCUT2D eigenvalue weighted by atomic mass is 16.5. The standard InChI is InChI=1S/C16H33N3O/c1-16(2,3)5-6-18-7-9-19(10-8-18)11-12-20-15-13-17(4)14-15/h15H,5-14H2,1-4H3. The van der Waals surface area contributed by atoms with E-state index in [-0.39, 0.29) is 0 Å². The number of likely N-dealkylation sites (tertiary alicyclic amines) is 1. The summed E-state index contributed by atoms with van der Waals surface area (Å²) in [5, 5.41) is 0. The van der Waals surface area contributed by atoms with Crippen LogP contribution in [0.1, 0.15) is 27.2 Å². The van der Waals surface area contributed by atoms with Crippen LogP contribution in [0.2, 0.25) is 0 Å². The molecule has 0 aromatic carbocycles. The summed E-state index contributed by atoms with van der Waals surface area (Å²) in [6.07, 6.45) is 1.79. The highest BCUT2D eigenvalue weighted by Gasteiger charge is 2.24. The van der Waals surface area contributed by atoms with E-state index in [4.69, 9.17) is 4.74 Å². The van der Waals surface area contributed by atoms with E-state index in [9.17, 15) is 0 Å². The van der Waals surface area contributed by atoms with Crippen molar-refractivity contribution in [2.45, 2.75) is 33.3 Å². The average molecular weight is 283 g/mol. The first-order chi connectivity index (χ1) is 9.42. The highest BCUT2D eigenvalue weighted by molar-refractivity contribution is 4.78. The van der Waals surface area contributed by atoms with Crippen molar-refractivity contribution in [2.24, 2.45) is 5.41 Å². The maximum absolute atomic E-state index is 5.87. The molecule has 0 unspecified atom stereocenters. The van der Waals surface area contributed by atoms with Gasteiger partial charge >= 0.3 is 0 Å². The Labute approximate surface area is 125 Å². The number of rotatable bonds is 6. The largest absolute Gasteiger partial charge is 0.374 e. The fourth-order valence-corrected chi connectivity index (χ4v) is 2.83. The molecule has 0 N–H and O–H groups in total. The van der Waals surface area contributed by atoms with E-state index in [1.165, 1.54) is 39.1 Å². The minimum atomic E-state index is 0.459. The predicted molar refractivity (Wildman–Crippen MR) is 84.2 cm³/mol. The van der Waals surface area contributed by atoms with E-state index in [2.05, 4.69) is 42.5 Å². The predicted octanol–water partition coefficient (Wildman–Crippen LogP) is 1.37. The Balaban J connectivity index is 1.51. The first-order valence-corrected chi connectivity index (χ1v) is 8.17. The lowest BCUT2D eigenvalue weighted by atomic mass is 9.92. The maximum Gasteiger partial charge on any atom is 0.0829 e. The Morgan fingerprint density at radius 1 is 0.950 bits per heavy atom. The smallest absolute Gasteiger partial charge is 0.0829 e. The number of hydrogen-bond acceptors (Lipinski definition) is 4. The Morgan fingerprint density at radius 2 is 1.50 bits per heavy atom. The quantitative estimate of drug-likeness (QED) is 0.733. The van der Waals surface area contributed by atoms with Gasteiger partial charge in [-0.25, -0.2) is 0 Å². The normalized spacial score (nSPS) is 24.0. The molecule has 2 aliphatic rings. The first-order valence-electron chi connectivity index (χ1n) is 8.17. The van der Waals surface area contributed by atoms with E-state index in [0.29, 0.717) is 11.5 Å². The number of ether oxygens (including phenoxy) is 1. The number of nitrogens with zero attached hydrogens (tertiary/aromatic N) is 3. The van der Waals surface area contributed by atoms with Gasteiger partial charge in [-0.05, 0) is 25.4 Å². The van der Waals surface area contributed by atoms with Crippen LogP contribution in [0, 0.1) is 5.41 Å². The summed E-state index contributed by atoms with van der Waals surface area (Å²) in [6, 6.07) is 0. The molecule has 0 aliphatic carbocycles. The topological polar surface area (TPSA) is 19.0 Å². The fraction of sp³-hybridized carbons (Fsp3) is 1.00. The third-order valence-electron chi connectivity index (χ3n) is 4.43. The molecule has 2 rings (SSSR count). The summed E-state index contributed by atoms with van der Waals surface area (Å²) in [6.45, 7) is 17.3. The van der Waals surface area contributed by atoms with Crippen molar-refractivity contribution in [3.8, 4) is 0 Å². The molecule has 0 atom stereocenters. The Morgan fingerprint density at radius 3 is 2.00 bits per heavy atom. The summed E-state index contributed by atoms with van der Waals surface area (Å²) in [4.78, 5) is 7.47. The molecule has 0 aromatic heterocycles. The molecule has 2 heterocycles. The third kappa shape index (κ3) is 5.68. The number of hydrogen-bond donors (Lipinski definition) is 0. The van der Waals surface area contributed by atoms with Gasteiger partial charge in [0, 0.05) is 45.8 Å². The lowest BCUT2D eigenvalue weighted by molar-refractivity contribution is -0.0510. The van der Waals surface area contributed by atoms with Crippen molar-refractivity contribution in [2.75, 3.05) is 66.0 Å². The van der Waals surface area contributed by atoms with Crippen molar-refractivity contribution < 1.29 is 4.74 Å². The first kappa shape index (κ1) is 16.2. The molecule has 0 radical (unpaired) electrons. The van der Waals surface area contributed by atoms with E-state index >= 15 is 0 Å². The van der Waals surface area contributed by atoms with Crippen molar-refractivity contribution in [1.82, 2.24) is 14.7 Å². The van der Waals surface area contributed by atoms with Gasteiger partial charge < -0.3 is 14.5 Å². The highest BCUT2D eigenvalue weighted by Crippen LogP contribution is 2.19. The second-order valence-electron chi connectivity index (χ2n) is 7.71. The zero-order valence-corrected chi connectivity index (χ0v) is 13.9. The van der Waals surface area contributed by atoms with Crippen LogP contribution in [0.3, 0.4) is 0 Å². The van der Waals surface area contributed by atoms with E-state index in [0.717, 1.165) is 26.2 Å². The van der Waals surface area contributed by atoms with Crippen molar-refractivity contribution >= 4 is 0 Å². The molecular weight excluding hydrogens is 250 g/mol. The molecule has 2 fully saturated rings. The van der Waals surface area contributed by atoms with Crippen molar-refractivity contribution in [1.29, 1.82) is 0 Å². The molecule has 0 saturated carbocycles. The Kier molecular flexibility index (Phi) is 5.84. The Hall–Kier alpha value is -0.160. The van der Waals surface area contributed by atoms with Crippen LogP contribution in [0.5, 0.6) is 0 Å². The summed E-state index contributed by atoms with van der Waals surface area (Å²) in [7, 11) is 2.15. The van der Waals surface area contributed by atoms with Crippen LogP contribution in [0.15, 0.2) is 0 Å². The monoisotopic (exact) mass is 283 g/mol. The zero-order chi connectivity index (χ0) is 14.6. The lowest BCUT2D eigenvalue weighted by Gasteiger charge is -2.38. The maximum atomic E-state index is 5.87. The van der Waals surface area contributed by atoms with E-state index in [1.54, 1.807) is 0 Å². The van der Waals surface area contributed by atoms with Gasteiger partial charge in [-0.15, -0.1) is 0 Å². The molecule has 2 saturated heterocycles. The molecule has 4 heteroatoms. The van der Waals surface area contributed by atoms with E-state index in [1.807, 2.05) is 0 Å². The SMILES string of the molecule is CN1CC(OCCN2CCN(CCC(C)(C)C)CC2)C1. The molecule has 0 amide bonds. The molecule has 118 valence electrons. The molecule has 0 aromatic rings. The van der Waals surface area contributed by atoms with Gasteiger partial charge in [0.25, 0.3) is 0 Å². The van der Waals surface area contributed by atoms with Crippen LogP contribution in [0.4, 0.5) is 0 Å². The Bertz CT molecular complexity index is 276. The molecule has 0 bridgehead atoms. The van der Waals surface area contributed by atoms with Crippen molar-refractivity contribution in [3.05, 3.63) is 0 Å². The fourth-order valence-electron chi connectivity index (χ4n) is 2.83. The van der Waals surface area contributed by atoms with Crippen molar-refractivity contribution in [3.63, 3.8) is 0 Å². The second-order valence-corrected chi connectivity index (χ2v) is 7.71. The molecular formula is C16H33N3O. The van der Waals surface area contributed by atoms with Gasteiger partial charge in [-0.3, -0.25) is 4.90 Å². The molecule has 2 aliphatic heterocycles. The van der Waals surface area contributed by atoms with Gasteiger partial charge in [0.2, 0.25) is 0 Å². The summed E-state index contributed by atoms with van der Waals surface area (Å²) in [5.41, 5.74) is 0.459. The van der Waals surface area contributed by atoms with Crippen LogP contribution < -0.4 is 0 Å². The van der Waals surface area contributed by atoms with Gasteiger partial charge in [0.15, 0.2) is 0 Å². The average Bonchev–Trinajstić information content (AvgIpc) is 2.35. The number of likely N-dealkylation sites (N-methyl/N-ethyl adjacent to an activating group) is 1. The van der Waals surface area contributed by atoms with Crippen LogP contribution in [-0.2, 0) is 4.74 Å². The van der Waals surface area contributed by atoms with Crippen LogP contribution in [0.25, 0.3) is 0 Å². The van der Waals surface area contributed by atoms with Crippen LogP contribution >= 0.6 is 0 Å². The molecule has 20 heavy (non-hydrogen) atoms. The minimum absolute atomic E-state index is 0.459. The van der Waals surface area contributed by atoms with Gasteiger partial charge in [0.1, 0.15) is 0 Å². The van der Waals surface area contributed by atoms with E-state index < -0.39 is 0 Å². The van der Waals surface area contributed by atoms with Crippen LogP contribution in [-0.4, -0.2) is 86.8 Å².